The molecule has 1 amide bonds. The highest BCUT2D eigenvalue weighted by Crippen LogP contribution is 2.21. The summed E-state index contributed by atoms with van der Waals surface area (Å²) in [5, 5.41) is 14.2. The van der Waals surface area contributed by atoms with Crippen LogP contribution < -0.4 is 10.6 Å². The van der Waals surface area contributed by atoms with Gasteiger partial charge in [-0.25, -0.2) is 4.39 Å². The summed E-state index contributed by atoms with van der Waals surface area (Å²) in [5.41, 5.74) is 1.88. The van der Waals surface area contributed by atoms with Gasteiger partial charge >= 0.3 is 0 Å². The van der Waals surface area contributed by atoms with E-state index in [2.05, 4.69) is 25.8 Å². The first-order valence-corrected chi connectivity index (χ1v) is 10.2. The molecular formula is C22H21ClFN5O. The largest absolute Gasteiger partial charge is 0.353 e. The van der Waals surface area contributed by atoms with Crippen molar-refractivity contribution in [3.63, 3.8) is 0 Å². The number of halogens is 2. The molecule has 2 aromatic carbocycles. The van der Waals surface area contributed by atoms with Crippen LogP contribution in [0.4, 0.5) is 10.2 Å². The smallest absolute Gasteiger partial charge is 0.280 e. The molecule has 1 aromatic heterocycles. The first kappa shape index (κ1) is 20.1. The van der Waals surface area contributed by atoms with Crippen molar-refractivity contribution >= 4 is 29.3 Å². The van der Waals surface area contributed by atoms with Crippen LogP contribution >= 0.6 is 11.6 Å². The summed E-state index contributed by atoms with van der Waals surface area (Å²) in [6.07, 6.45) is 4.35. The molecule has 8 heteroatoms. The maximum Gasteiger partial charge on any atom is 0.280 e. The molecule has 0 atom stereocenters. The average Bonchev–Trinajstić information content (AvgIpc) is 3.41. The number of guanidine groups is 1. The van der Waals surface area contributed by atoms with E-state index in [9.17, 15) is 9.18 Å². The predicted octanol–water partition coefficient (Wildman–Crippen LogP) is 5.01. The fourth-order valence-electron chi connectivity index (χ4n) is 3.40. The number of aliphatic imine (C=N–C) groups is 1. The maximum atomic E-state index is 13.2. The first-order chi connectivity index (χ1) is 14.6. The minimum absolute atomic E-state index is 0.258. The number of amides is 1. The monoisotopic (exact) mass is 425 g/mol. The van der Waals surface area contributed by atoms with E-state index in [4.69, 9.17) is 11.6 Å². The standard InChI is InChI=1S/C22H21ClFN5O/c23-16-9-5-15(6-10-16)21(30)27-22(25-18-3-1-2-4-18)26-20-13-19(28-29-20)14-7-11-17(24)12-8-14/h5-13,18H,1-4H2,(H3,25,26,27,28,29,30). The van der Waals surface area contributed by atoms with E-state index in [1.807, 2.05) is 0 Å². The van der Waals surface area contributed by atoms with Gasteiger partial charge in [-0.15, -0.1) is 0 Å². The van der Waals surface area contributed by atoms with Gasteiger partial charge in [0.05, 0.1) is 5.69 Å². The Kier molecular flexibility index (Phi) is 6.09. The number of anilines is 1. The summed E-state index contributed by atoms with van der Waals surface area (Å²) in [5.74, 6) is 0.250. The van der Waals surface area contributed by atoms with E-state index < -0.39 is 0 Å². The summed E-state index contributed by atoms with van der Waals surface area (Å²) >= 11 is 5.90. The normalized spacial score (nSPS) is 14.7. The van der Waals surface area contributed by atoms with Gasteiger partial charge in [0.1, 0.15) is 11.6 Å². The molecule has 0 bridgehead atoms. The van der Waals surface area contributed by atoms with Crippen LogP contribution in [0.1, 0.15) is 36.0 Å². The Hall–Kier alpha value is -3.19. The van der Waals surface area contributed by atoms with Crippen molar-refractivity contribution in [2.45, 2.75) is 31.7 Å². The van der Waals surface area contributed by atoms with Gasteiger partial charge in [-0.1, -0.05) is 24.4 Å². The molecular weight excluding hydrogens is 405 g/mol. The Morgan fingerprint density at radius 2 is 1.80 bits per heavy atom. The third-order valence-electron chi connectivity index (χ3n) is 4.97. The number of carbonyl (C=O) groups is 1. The number of hydrogen-bond acceptors (Lipinski definition) is 2. The van der Waals surface area contributed by atoms with Crippen molar-refractivity contribution in [2.24, 2.45) is 4.99 Å². The Balaban J connectivity index is 1.54. The van der Waals surface area contributed by atoms with Crippen LogP contribution in [0.2, 0.25) is 5.02 Å². The predicted molar refractivity (Wildman–Crippen MR) is 116 cm³/mol. The molecule has 1 aliphatic carbocycles. The lowest BCUT2D eigenvalue weighted by atomic mass is 10.1. The van der Waals surface area contributed by atoms with Crippen molar-refractivity contribution in [2.75, 3.05) is 5.32 Å². The van der Waals surface area contributed by atoms with Crippen molar-refractivity contribution in [3.8, 4) is 11.3 Å². The highest BCUT2D eigenvalue weighted by Gasteiger charge is 2.18. The van der Waals surface area contributed by atoms with Crippen molar-refractivity contribution in [3.05, 3.63) is 71.0 Å². The van der Waals surface area contributed by atoms with Gasteiger partial charge in [0, 0.05) is 28.3 Å². The van der Waals surface area contributed by atoms with Crippen LogP contribution in [0.15, 0.2) is 59.6 Å². The maximum absolute atomic E-state index is 13.2. The van der Waals surface area contributed by atoms with Crippen molar-refractivity contribution < 1.29 is 9.18 Å². The summed E-state index contributed by atoms with van der Waals surface area (Å²) in [4.78, 5) is 16.9. The summed E-state index contributed by atoms with van der Waals surface area (Å²) in [7, 11) is 0. The van der Waals surface area contributed by atoms with Crippen LogP contribution in [0.5, 0.6) is 0 Å². The van der Waals surface area contributed by atoms with Gasteiger partial charge in [0.2, 0.25) is 5.96 Å². The quantitative estimate of drug-likeness (QED) is 0.405. The second-order valence-corrected chi connectivity index (χ2v) is 7.63. The zero-order valence-electron chi connectivity index (χ0n) is 16.2. The molecule has 3 aromatic rings. The Labute approximate surface area is 178 Å². The van der Waals surface area contributed by atoms with Gasteiger partial charge in [-0.3, -0.25) is 9.89 Å². The molecule has 1 fully saturated rings. The number of nitrogens with one attached hydrogen (secondary N) is 3. The van der Waals surface area contributed by atoms with Crippen LogP contribution in [0.25, 0.3) is 11.3 Å². The zero-order valence-corrected chi connectivity index (χ0v) is 16.9. The summed E-state index contributed by atoms with van der Waals surface area (Å²) < 4.78 is 13.2. The number of benzene rings is 2. The third kappa shape index (κ3) is 5.04. The first-order valence-electron chi connectivity index (χ1n) is 9.80. The van der Waals surface area contributed by atoms with E-state index in [-0.39, 0.29) is 17.8 Å². The van der Waals surface area contributed by atoms with E-state index in [0.717, 1.165) is 31.2 Å². The minimum atomic E-state index is -0.377. The molecule has 0 saturated heterocycles. The van der Waals surface area contributed by atoms with Crippen LogP contribution in [-0.2, 0) is 0 Å². The van der Waals surface area contributed by atoms with Crippen LogP contribution in [0.3, 0.4) is 0 Å². The Bertz CT molecular complexity index is 1040. The molecule has 4 rings (SSSR count). The van der Waals surface area contributed by atoms with Gasteiger partial charge < -0.3 is 10.6 Å². The van der Waals surface area contributed by atoms with E-state index >= 15 is 0 Å². The van der Waals surface area contributed by atoms with Crippen LogP contribution in [0, 0.1) is 5.82 Å². The lowest BCUT2D eigenvalue weighted by molar-refractivity contribution is 0.100. The lowest BCUT2D eigenvalue weighted by Gasteiger charge is -2.16. The third-order valence-corrected chi connectivity index (χ3v) is 5.22. The number of rotatable bonds is 4. The molecule has 154 valence electrons. The molecule has 30 heavy (non-hydrogen) atoms. The number of hydrogen-bond donors (Lipinski definition) is 3. The molecule has 0 unspecified atom stereocenters. The molecule has 0 aliphatic heterocycles. The fraction of sp³-hybridized carbons (Fsp3) is 0.227. The number of aromatic amines is 1. The van der Waals surface area contributed by atoms with Gasteiger partial charge in [0.25, 0.3) is 5.91 Å². The SMILES string of the molecule is O=C(/N=C(\Nc1cc(-c2ccc(F)cc2)n[nH]1)NC1CCCC1)c1ccc(Cl)cc1. The Morgan fingerprint density at radius 3 is 2.50 bits per heavy atom. The highest BCUT2D eigenvalue weighted by molar-refractivity contribution is 6.30. The van der Waals surface area contributed by atoms with E-state index in [1.165, 1.54) is 12.1 Å². The van der Waals surface area contributed by atoms with E-state index in [0.29, 0.717) is 28.1 Å². The summed E-state index contributed by atoms with van der Waals surface area (Å²) in [6.45, 7) is 0. The molecule has 3 N–H and O–H groups in total. The number of nitrogens with zero attached hydrogens (tertiary/aromatic N) is 2. The molecule has 6 nitrogen and oxygen atoms in total. The van der Waals surface area contributed by atoms with Gasteiger partial charge in [-0.2, -0.15) is 10.1 Å². The van der Waals surface area contributed by atoms with Gasteiger partial charge in [-0.05, 0) is 61.4 Å². The van der Waals surface area contributed by atoms with Gasteiger partial charge in [0.15, 0.2) is 0 Å². The Morgan fingerprint density at radius 1 is 1.10 bits per heavy atom. The van der Waals surface area contributed by atoms with Crippen molar-refractivity contribution in [1.29, 1.82) is 0 Å². The molecule has 0 radical (unpaired) electrons. The average molecular weight is 426 g/mol. The lowest BCUT2D eigenvalue weighted by Crippen LogP contribution is -2.38. The number of H-pyrrole nitrogens is 1. The number of carbonyl (C=O) groups excluding carboxylic acids is 1. The minimum Gasteiger partial charge on any atom is -0.353 e. The zero-order chi connectivity index (χ0) is 20.9. The fourth-order valence-corrected chi connectivity index (χ4v) is 3.53. The second kappa shape index (κ2) is 9.09. The topological polar surface area (TPSA) is 82.2 Å². The molecule has 1 heterocycles. The number of aromatic nitrogens is 2. The summed E-state index contributed by atoms with van der Waals surface area (Å²) in [6, 6.07) is 14.7. The molecule has 0 spiro atoms. The highest BCUT2D eigenvalue weighted by atomic mass is 35.5. The van der Waals surface area contributed by atoms with Crippen molar-refractivity contribution in [1.82, 2.24) is 15.5 Å². The second-order valence-electron chi connectivity index (χ2n) is 7.20. The van der Waals surface area contributed by atoms with E-state index in [1.54, 1.807) is 42.5 Å². The molecule has 1 aliphatic rings. The molecule has 1 saturated carbocycles. The van der Waals surface area contributed by atoms with Crippen LogP contribution in [-0.4, -0.2) is 28.1 Å².